The van der Waals surface area contributed by atoms with Crippen molar-refractivity contribution in [2.45, 2.75) is 45.2 Å². The average molecular weight is 436 g/mol. The molecular weight excluding hydrogens is 402 g/mol. The molecule has 0 aromatic heterocycles. The zero-order valence-electron chi connectivity index (χ0n) is 18.9. The Morgan fingerprint density at radius 1 is 1.00 bits per heavy atom. The van der Waals surface area contributed by atoms with Crippen LogP contribution in [0, 0.1) is 0 Å². The van der Waals surface area contributed by atoms with Gasteiger partial charge in [0.05, 0.1) is 13.2 Å². The summed E-state index contributed by atoms with van der Waals surface area (Å²) in [5.74, 6) is 0.846. The van der Waals surface area contributed by atoms with Gasteiger partial charge in [0.15, 0.2) is 0 Å². The fourth-order valence-corrected chi connectivity index (χ4v) is 4.75. The Bertz CT molecular complexity index is 939. The third-order valence-corrected chi connectivity index (χ3v) is 6.38. The number of nitrogens with one attached hydrogen (secondary N) is 1. The minimum atomic E-state index is -0.389. The van der Waals surface area contributed by atoms with Crippen molar-refractivity contribution < 1.29 is 14.3 Å². The molecule has 1 unspecified atom stereocenters. The summed E-state index contributed by atoms with van der Waals surface area (Å²) in [6.07, 6.45) is 4.14. The highest BCUT2D eigenvalue weighted by molar-refractivity contribution is 5.85. The normalized spacial score (nSPS) is 18.7. The maximum Gasteiger partial charge on any atom is 0.244 e. The van der Waals surface area contributed by atoms with E-state index >= 15 is 0 Å². The van der Waals surface area contributed by atoms with E-state index in [1.54, 1.807) is 0 Å². The molecule has 1 fully saturated rings. The predicted molar refractivity (Wildman–Crippen MR) is 124 cm³/mol. The Morgan fingerprint density at radius 2 is 1.75 bits per heavy atom. The SMILES string of the molecule is CCOc1ccccc1CNC(=O)CN1CCc2ccccc2C1C(=O)N1CCCCC1. The quantitative estimate of drug-likeness (QED) is 0.725. The highest BCUT2D eigenvalue weighted by atomic mass is 16.5. The molecule has 1 atom stereocenters. The van der Waals surface area contributed by atoms with Gasteiger partial charge in [0.1, 0.15) is 11.8 Å². The minimum Gasteiger partial charge on any atom is -0.494 e. The van der Waals surface area contributed by atoms with Crippen LogP contribution in [0.5, 0.6) is 5.75 Å². The summed E-state index contributed by atoms with van der Waals surface area (Å²) in [6, 6.07) is 15.5. The van der Waals surface area contributed by atoms with Crippen LogP contribution in [0.2, 0.25) is 0 Å². The van der Waals surface area contributed by atoms with Crippen molar-refractivity contribution in [1.29, 1.82) is 0 Å². The molecule has 0 spiro atoms. The van der Waals surface area contributed by atoms with Crippen LogP contribution in [0.3, 0.4) is 0 Å². The first-order chi connectivity index (χ1) is 15.7. The lowest BCUT2D eigenvalue weighted by Gasteiger charge is -2.39. The molecule has 2 aromatic rings. The molecule has 6 nitrogen and oxygen atoms in total. The van der Waals surface area contributed by atoms with Gasteiger partial charge in [-0.15, -0.1) is 0 Å². The number of ether oxygens (including phenoxy) is 1. The van der Waals surface area contributed by atoms with E-state index in [-0.39, 0.29) is 24.4 Å². The molecule has 2 amide bonds. The Kier molecular flexibility index (Phi) is 7.43. The highest BCUT2D eigenvalue weighted by Gasteiger charge is 2.36. The number of amides is 2. The molecule has 1 N–H and O–H groups in total. The van der Waals surface area contributed by atoms with Crippen molar-refractivity contribution in [2.24, 2.45) is 0 Å². The molecule has 0 saturated carbocycles. The molecule has 2 aliphatic rings. The van der Waals surface area contributed by atoms with Crippen LogP contribution >= 0.6 is 0 Å². The number of hydrogen-bond acceptors (Lipinski definition) is 4. The van der Waals surface area contributed by atoms with Crippen molar-refractivity contribution in [3.8, 4) is 5.75 Å². The van der Waals surface area contributed by atoms with Gasteiger partial charge in [0.25, 0.3) is 0 Å². The van der Waals surface area contributed by atoms with Crippen molar-refractivity contribution in [2.75, 3.05) is 32.8 Å². The number of nitrogens with zero attached hydrogens (tertiary/aromatic N) is 2. The monoisotopic (exact) mass is 435 g/mol. The maximum absolute atomic E-state index is 13.5. The largest absolute Gasteiger partial charge is 0.494 e. The fourth-order valence-electron chi connectivity index (χ4n) is 4.75. The maximum atomic E-state index is 13.5. The number of rotatable bonds is 7. The van der Waals surface area contributed by atoms with Gasteiger partial charge >= 0.3 is 0 Å². The summed E-state index contributed by atoms with van der Waals surface area (Å²) in [7, 11) is 0. The summed E-state index contributed by atoms with van der Waals surface area (Å²) in [6.45, 7) is 5.46. The second kappa shape index (κ2) is 10.6. The lowest BCUT2D eigenvalue weighted by molar-refractivity contribution is -0.139. The molecule has 32 heavy (non-hydrogen) atoms. The van der Waals surface area contributed by atoms with Gasteiger partial charge in [-0.1, -0.05) is 42.5 Å². The zero-order chi connectivity index (χ0) is 22.3. The molecular formula is C26H33N3O3. The van der Waals surface area contributed by atoms with Crippen LogP contribution < -0.4 is 10.1 Å². The second-order valence-corrected chi connectivity index (χ2v) is 8.53. The Morgan fingerprint density at radius 3 is 2.56 bits per heavy atom. The van der Waals surface area contributed by atoms with Crippen molar-refractivity contribution in [1.82, 2.24) is 15.1 Å². The first-order valence-electron chi connectivity index (χ1n) is 11.8. The van der Waals surface area contributed by atoms with Crippen LogP contribution in [0.25, 0.3) is 0 Å². The molecule has 2 aliphatic heterocycles. The summed E-state index contributed by atoms with van der Waals surface area (Å²) in [5.41, 5.74) is 3.21. The molecule has 4 rings (SSSR count). The van der Waals surface area contributed by atoms with Crippen LogP contribution in [-0.4, -0.2) is 54.4 Å². The number of fused-ring (bicyclic) bond motifs is 1. The number of para-hydroxylation sites is 1. The van der Waals surface area contributed by atoms with Gasteiger partial charge in [0, 0.05) is 31.7 Å². The number of hydrogen-bond donors (Lipinski definition) is 1. The first kappa shape index (κ1) is 22.3. The molecule has 2 aromatic carbocycles. The fraction of sp³-hybridized carbons (Fsp3) is 0.462. The van der Waals surface area contributed by atoms with Crippen molar-refractivity contribution in [3.63, 3.8) is 0 Å². The third-order valence-electron chi connectivity index (χ3n) is 6.38. The molecule has 170 valence electrons. The van der Waals surface area contributed by atoms with Crippen molar-refractivity contribution >= 4 is 11.8 Å². The van der Waals surface area contributed by atoms with E-state index in [9.17, 15) is 9.59 Å². The molecule has 0 bridgehead atoms. The van der Waals surface area contributed by atoms with Gasteiger partial charge in [-0.25, -0.2) is 0 Å². The molecule has 0 radical (unpaired) electrons. The minimum absolute atomic E-state index is 0.0767. The number of carbonyl (C=O) groups is 2. The summed E-state index contributed by atoms with van der Waals surface area (Å²) in [5, 5.41) is 3.02. The van der Waals surface area contributed by atoms with Gasteiger partial charge in [-0.05, 0) is 49.8 Å². The highest BCUT2D eigenvalue weighted by Crippen LogP contribution is 2.32. The lowest BCUT2D eigenvalue weighted by atomic mass is 9.91. The Balaban J connectivity index is 1.46. The summed E-state index contributed by atoms with van der Waals surface area (Å²) in [4.78, 5) is 30.5. The average Bonchev–Trinajstić information content (AvgIpc) is 2.84. The molecule has 0 aliphatic carbocycles. The second-order valence-electron chi connectivity index (χ2n) is 8.53. The van der Waals surface area contributed by atoms with Gasteiger partial charge < -0.3 is 15.0 Å². The van der Waals surface area contributed by atoms with E-state index in [1.165, 1.54) is 12.0 Å². The van der Waals surface area contributed by atoms with E-state index < -0.39 is 0 Å². The molecule has 6 heteroatoms. The smallest absolute Gasteiger partial charge is 0.244 e. The standard InChI is InChI=1S/C26H33N3O3/c1-2-32-23-13-7-5-11-21(23)18-27-24(30)19-29-17-14-20-10-4-6-12-22(20)25(29)26(31)28-15-8-3-9-16-28/h4-7,10-13,25H,2-3,8-9,14-19H2,1H3,(H,27,30). The molecule has 2 heterocycles. The first-order valence-corrected chi connectivity index (χ1v) is 11.8. The van der Waals surface area contributed by atoms with E-state index in [0.717, 1.165) is 49.2 Å². The molecule has 1 saturated heterocycles. The van der Waals surface area contributed by atoms with Gasteiger partial charge in [-0.3, -0.25) is 14.5 Å². The number of benzene rings is 2. The van der Waals surface area contributed by atoms with Crippen LogP contribution in [0.4, 0.5) is 0 Å². The van der Waals surface area contributed by atoms with Gasteiger partial charge in [0.2, 0.25) is 11.8 Å². The predicted octanol–water partition coefficient (Wildman–Crippen LogP) is 3.31. The van der Waals surface area contributed by atoms with E-state index in [2.05, 4.69) is 11.4 Å². The van der Waals surface area contributed by atoms with Crippen LogP contribution in [-0.2, 0) is 22.6 Å². The lowest BCUT2D eigenvalue weighted by Crippen LogP contribution is -2.50. The van der Waals surface area contributed by atoms with Crippen LogP contribution in [0.1, 0.15) is 48.9 Å². The third kappa shape index (κ3) is 5.13. The van der Waals surface area contributed by atoms with E-state index in [4.69, 9.17) is 4.74 Å². The summed E-state index contributed by atoms with van der Waals surface area (Å²) < 4.78 is 5.66. The van der Waals surface area contributed by atoms with E-state index in [1.807, 2.05) is 59.2 Å². The zero-order valence-corrected chi connectivity index (χ0v) is 18.9. The number of carbonyl (C=O) groups excluding carboxylic acids is 2. The van der Waals surface area contributed by atoms with E-state index in [0.29, 0.717) is 19.7 Å². The van der Waals surface area contributed by atoms with Gasteiger partial charge in [-0.2, -0.15) is 0 Å². The Hall–Kier alpha value is -2.86. The topological polar surface area (TPSA) is 61.9 Å². The van der Waals surface area contributed by atoms with Crippen LogP contribution in [0.15, 0.2) is 48.5 Å². The summed E-state index contributed by atoms with van der Waals surface area (Å²) >= 11 is 0. The number of piperidine rings is 1. The van der Waals surface area contributed by atoms with Crippen molar-refractivity contribution in [3.05, 3.63) is 65.2 Å². The Labute approximate surface area is 190 Å². The number of likely N-dealkylation sites (tertiary alicyclic amines) is 1.